The highest BCUT2D eigenvalue weighted by atomic mass is 16.5. The Balaban J connectivity index is 2.49. The summed E-state index contributed by atoms with van der Waals surface area (Å²) in [5.41, 5.74) is 6.70. The summed E-state index contributed by atoms with van der Waals surface area (Å²) in [6.45, 7) is 9.37. The fourth-order valence-electron chi connectivity index (χ4n) is 3.20. The van der Waals surface area contributed by atoms with E-state index in [1.165, 1.54) is 12.8 Å². The van der Waals surface area contributed by atoms with Gasteiger partial charge in [0.15, 0.2) is 11.5 Å². The lowest BCUT2D eigenvalue weighted by Gasteiger charge is -2.26. The summed E-state index contributed by atoms with van der Waals surface area (Å²) < 4.78 is 5.80. The summed E-state index contributed by atoms with van der Waals surface area (Å²) in [5.74, 6) is 1.94. The molecule has 0 saturated heterocycles. The lowest BCUT2D eigenvalue weighted by atomic mass is 9.89. The Kier molecular flexibility index (Phi) is 10.0. The van der Waals surface area contributed by atoms with Crippen molar-refractivity contribution in [1.82, 2.24) is 0 Å². The minimum atomic E-state index is -0.537. The van der Waals surface area contributed by atoms with Crippen molar-refractivity contribution in [2.45, 2.75) is 78.2 Å². The average Bonchev–Trinajstić information content (AvgIpc) is 2.59. The van der Waals surface area contributed by atoms with Gasteiger partial charge in [0, 0.05) is 5.54 Å². The molecular weight excluding hydrogens is 326 g/mol. The van der Waals surface area contributed by atoms with Crippen LogP contribution < -0.4 is 10.5 Å². The molecule has 0 amide bonds. The van der Waals surface area contributed by atoms with Crippen molar-refractivity contribution in [3.05, 3.63) is 23.8 Å². The van der Waals surface area contributed by atoms with Crippen molar-refractivity contribution in [1.29, 1.82) is 0 Å². The molecule has 1 unspecified atom stereocenters. The zero-order valence-corrected chi connectivity index (χ0v) is 17.1. The van der Waals surface area contributed by atoms with Gasteiger partial charge in [-0.1, -0.05) is 53.0 Å². The minimum absolute atomic E-state index is 0.0112. The number of hydrogen-bond donors (Lipinski definition) is 3. The largest absolute Gasteiger partial charge is 0.504 e. The first kappa shape index (κ1) is 22.8. The Hall–Kier alpha value is -1.26. The van der Waals surface area contributed by atoms with Crippen LogP contribution in [-0.4, -0.2) is 29.0 Å². The standard InChI is InChI=1S/C22H39NO3/c1-5-12-22(23,16-24)13-11-19-9-10-21(20(25)14-19)26-15-18(4)8-6-7-17(2)3/h9-10,14,17-18,24-25H,5-8,11-13,15-16,23H2,1-4H3/t18?,22-/m0/s1. The van der Waals surface area contributed by atoms with E-state index in [9.17, 15) is 10.2 Å². The molecule has 1 aromatic rings. The van der Waals surface area contributed by atoms with Crippen molar-refractivity contribution in [2.75, 3.05) is 13.2 Å². The van der Waals surface area contributed by atoms with Crippen LogP contribution in [0.4, 0.5) is 0 Å². The number of phenols is 1. The zero-order valence-electron chi connectivity index (χ0n) is 17.1. The van der Waals surface area contributed by atoms with Crippen LogP contribution in [0, 0.1) is 11.8 Å². The lowest BCUT2D eigenvalue weighted by Crippen LogP contribution is -2.43. The van der Waals surface area contributed by atoms with Crippen molar-refractivity contribution < 1.29 is 14.9 Å². The van der Waals surface area contributed by atoms with E-state index in [1.807, 2.05) is 12.1 Å². The van der Waals surface area contributed by atoms with Gasteiger partial charge in [-0.25, -0.2) is 0 Å². The first-order valence-corrected chi connectivity index (χ1v) is 10.1. The van der Waals surface area contributed by atoms with Gasteiger partial charge in [0.05, 0.1) is 13.2 Å². The van der Waals surface area contributed by atoms with Crippen LogP contribution in [0.1, 0.15) is 71.8 Å². The molecule has 150 valence electrons. The van der Waals surface area contributed by atoms with Crippen molar-refractivity contribution in [2.24, 2.45) is 17.6 Å². The van der Waals surface area contributed by atoms with E-state index in [2.05, 4.69) is 27.7 Å². The van der Waals surface area contributed by atoms with E-state index in [0.717, 1.165) is 37.2 Å². The Bertz CT molecular complexity index is 518. The number of benzene rings is 1. The maximum Gasteiger partial charge on any atom is 0.160 e. The number of aliphatic hydroxyl groups is 1. The monoisotopic (exact) mass is 365 g/mol. The molecule has 2 atom stereocenters. The molecule has 0 heterocycles. The average molecular weight is 366 g/mol. The first-order chi connectivity index (χ1) is 12.3. The van der Waals surface area contributed by atoms with Crippen molar-refractivity contribution in [3.63, 3.8) is 0 Å². The number of hydrogen-bond acceptors (Lipinski definition) is 4. The second-order valence-corrected chi connectivity index (χ2v) is 8.31. The number of ether oxygens (including phenoxy) is 1. The van der Waals surface area contributed by atoms with E-state index in [1.54, 1.807) is 6.07 Å². The molecular formula is C22H39NO3. The van der Waals surface area contributed by atoms with E-state index < -0.39 is 5.54 Å². The van der Waals surface area contributed by atoms with Gasteiger partial charge >= 0.3 is 0 Å². The van der Waals surface area contributed by atoms with Crippen LogP contribution in [0.25, 0.3) is 0 Å². The van der Waals surface area contributed by atoms with E-state index in [0.29, 0.717) is 24.7 Å². The van der Waals surface area contributed by atoms with Crippen LogP contribution in [0.15, 0.2) is 18.2 Å². The Morgan fingerprint density at radius 3 is 2.46 bits per heavy atom. The third kappa shape index (κ3) is 8.41. The molecule has 1 aromatic carbocycles. The summed E-state index contributed by atoms with van der Waals surface area (Å²) in [6, 6.07) is 5.56. The molecule has 0 aliphatic heterocycles. The van der Waals surface area contributed by atoms with Gasteiger partial charge in [-0.3, -0.25) is 0 Å². The summed E-state index contributed by atoms with van der Waals surface area (Å²) >= 11 is 0. The molecule has 4 N–H and O–H groups in total. The topological polar surface area (TPSA) is 75.7 Å². The number of phenolic OH excluding ortho intramolecular Hbond substituents is 1. The molecule has 0 aliphatic carbocycles. The Morgan fingerprint density at radius 1 is 1.15 bits per heavy atom. The summed E-state index contributed by atoms with van der Waals surface area (Å²) in [5, 5.41) is 19.7. The van der Waals surface area contributed by atoms with E-state index >= 15 is 0 Å². The molecule has 0 spiro atoms. The molecule has 4 nitrogen and oxygen atoms in total. The number of aliphatic hydroxyl groups excluding tert-OH is 1. The number of rotatable bonds is 13. The van der Waals surface area contributed by atoms with Crippen LogP contribution in [0.3, 0.4) is 0 Å². The van der Waals surface area contributed by atoms with Crippen LogP contribution >= 0.6 is 0 Å². The molecule has 0 fully saturated rings. The van der Waals surface area contributed by atoms with E-state index in [4.69, 9.17) is 10.5 Å². The van der Waals surface area contributed by atoms with Gasteiger partial charge in [-0.15, -0.1) is 0 Å². The summed E-state index contributed by atoms with van der Waals surface area (Å²) in [4.78, 5) is 0. The number of aromatic hydroxyl groups is 1. The quantitative estimate of drug-likeness (QED) is 0.475. The predicted octanol–water partition coefficient (Wildman–Crippen LogP) is 4.66. The van der Waals surface area contributed by atoms with Gasteiger partial charge < -0.3 is 20.7 Å². The second kappa shape index (κ2) is 11.5. The third-order valence-corrected chi connectivity index (χ3v) is 5.00. The molecule has 0 bridgehead atoms. The van der Waals surface area contributed by atoms with Crippen molar-refractivity contribution in [3.8, 4) is 11.5 Å². The fourth-order valence-corrected chi connectivity index (χ4v) is 3.20. The highest BCUT2D eigenvalue weighted by Crippen LogP contribution is 2.29. The molecule has 26 heavy (non-hydrogen) atoms. The highest BCUT2D eigenvalue weighted by molar-refractivity contribution is 5.41. The van der Waals surface area contributed by atoms with Gasteiger partial charge in [-0.05, 0) is 55.2 Å². The number of aryl methyl sites for hydroxylation is 1. The lowest BCUT2D eigenvalue weighted by molar-refractivity contribution is 0.177. The summed E-state index contributed by atoms with van der Waals surface area (Å²) in [6.07, 6.45) is 6.79. The SMILES string of the molecule is CCC[C@@](N)(CO)CCc1ccc(OCC(C)CCCC(C)C)c(O)c1. The molecule has 1 rings (SSSR count). The van der Waals surface area contributed by atoms with E-state index in [-0.39, 0.29) is 12.4 Å². The Labute approximate surface area is 159 Å². The van der Waals surface area contributed by atoms with Crippen LogP contribution in [0.5, 0.6) is 11.5 Å². The smallest absolute Gasteiger partial charge is 0.160 e. The maximum atomic E-state index is 10.2. The highest BCUT2D eigenvalue weighted by Gasteiger charge is 2.22. The third-order valence-electron chi connectivity index (χ3n) is 5.00. The molecule has 0 aromatic heterocycles. The van der Waals surface area contributed by atoms with Crippen LogP contribution in [0.2, 0.25) is 0 Å². The zero-order chi connectivity index (χ0) is 19.6. The Morgan fingerprint density at radius 2 is 1.88 bits per heavy atom. The molecule has 4 heteroatoms. The normalized spacial score (nSPS) is 15.0. The summed E-state index contributed by atoms with van der Waals surface area (Å²) in [7, 11) is 0. The van der Waals surface area contributed by atoms with Gasteiger partial charge in [0.1, 0.15) is 0 Å². The fraction of sp³-hybridized carbons (Fsp3) is 0.727. The molecule has 0 aliphatic rings. The number of nitrogens with two attached hydrogens (primary N) is 1. The molecule has 0 saturated carbocycles. The molecule has 0 radical (unpaired) electrons. The van der Waals surface area contributed by atoms with Gasteiger partial charge in [0.25, 0.3) is 0 Å². The second-order valence-electron chi connectivity index (χ2n) is 8.31. The maximum absolute atomic E-state index is 10.2. The van der Waals surface area contributed by atoms with Crippen molar-refractivity contribution >= 4 is 0 Å². The van der Waals surface area contributed by atoms with Gasteiger partial charge in [-0.2, -0.15) is 0 Å². The first-order valence-electron chi connectivity index (χ1n) is 10.1. The minimum Gasteiger partial charge on any atom is -0.504 e. The predicted molar refractivity (Wildman–Crippen MR) is 109 cm³/mol. The van der Waals surface area contributed by atoms with Gasteiger partial charge in [0.2, 0.25) is 0 Å². The van der Waals surface area contributed by atoms with Crippen LogP contribution in [-0.2, 0) is 6.42 Å².